The van der Waals surface area contributed by atoms with E-state index >= 15 is 0 Å². The maximum Gasteiger partial charge on any atom is 0.328 e. The number of carbonyl (C=O) groups excluding carboxylic acids is 2. The summed E-state index contributed by atoms with van der Waals surface area (Å²) < 4.78 is 5.23. The van der Waals surface area contributed by atoms with E-state index in [4.69, 9.17) is 4.74 Å². The molecule has 0 aliphatic carbocycles. The number of unbranched alkanes of at least 4 members (excludes halogenated alkanes) is 2. The van der Waals surface area contributed by atoms with Gasteiger partial charge in [-0.15, -0.1) is 0 Å². The number of amides is 1. The first-order valence-electron chi connectivity index (χ1n) is 7.78. The topological polar surface area (TPSA) is 67.4 Å². The SMILES string of the molecule is CCCCC[C@@H](NC(=O)[C@@H]1CCCN1)C(=O)OC(C)C. The molecule has 1 aliphatic rings. The van der Waals surface area contributed by atoms with Crippen LogP contribution in [0, 0.1) is 0 Å². The lowest BCUT2D eigenvalue weighted by Crippen LogP contribution is -2.49. The summed E-state index contributed by atoms with van der Waals surface area (Å²) in [6.07, 6.45) is 5.41. The highest BCUT2D eigenvalue weighted by Crippen LogP contribution is 2.09. The number of hydrogen-bond acceptors (Lipinski definition) is 4. The van der Waals surface area contributed by atoms with Gasteiger partial charge in [-0.2, -0.15) is 0 Å². The smallest absolute Gasteiger partial charge is 0.328 e. The van der Waals surface area contributed by atoms with Gasteiger partial charge in [0.25, 0.3) is 0 Å². The maximum atomic E-state index is 12.1. The molecular weight excluding hydrogens is 256 g/mol. The Morgan fingerprint density at radius 3 is 2.65 bits per heavy atom. The highest BCUT2D eigenvalue weighted by molar-refractivity contribution is 5.87. The van der Waals surface area contributed by atoms with Crippen molar-refractivity contribution in [2.75, 3.05) is 6.54 Å². The van der Waals surface area contributed by atoms with Gasteiger partial charge in [0.15, 0.2) is 0 Å². The molecule has 5 heteroatoms. The average molecular weight is 284 g/mol. The predicted molar refractivity (Wildman–Crippen MR) is 78.3 cm³/mol. The molecule has 116 valence electrons. The molecule has 1 fully saturated rings. The van der Waals surface area contributed by atoms with Crippen molar-refractivity contribution in [1.29, 1.82) is 0 Å². The molecule has 1 amide bonds. The van der Waals surface area contributed by atoms with E-state index in [0.29, 0.717) is 6.42 Å². The molecule has 0 bridgehead atoms. The lowest BCUT2D eigenvalue weighted by Gasteiger charge is -2.21. The summed E-state index contributed by atoms with van der Waals surface area (Å²) in [5.41, 5.74) is 0. The number of rotatable bonds is 8. The molecule has 0 saturated carbocycles. The normalized spacial score (nSPS) is 19.9. The Morgan fingerprint density at radius 2 is 2.10 bits per heavy atom. The predicted octanol–water partition coefficient (Wildman–Crippen LogP) is 1.76. The molecule has 0 unspecified atom stereocenters. The van der Waals surface area contributed by atoms with Crippen LogP contribution in [0.2, 0.25) is 0 Å². The summed E-state index contributed by atoms with van der Waals surface area (Å²) >= 11 is 0. The fourth-order valence-electron chi connectivity index (χ4n) is 2.34. The molecule has 20 heavy (non-hydrogen) atoms. The van der Waals surface area contributed by atoms with Crippen molar-refractivity contribution in [2.45, 2.75) is 77.5 Å². The molecule has 1 heterocycles. The largest absolute Gasteiger partial charge is 0.461 e. The summed E-state index contributed by atoms with van der Waals surface area (Å²) in [6.45, 7) is 6.63. The standard InChI is InChI=1S/C15H28N2O3/c1-4-5-6-8-13(15(19)20-11(2)3)17-14(18)12-9-7-10-16-12/h11-13,16H,4-10H2,1-3H3,(H,17,18)/t12-,13+/m0/s1. The molecule has 0 aromatic carbocycles. The van der Waals surface area contributed by atoms with E-state index in [-0.39, 0.29) is 24.0 Å². The van der Waals surface area contributed by atoms with Crippen molar-refractivity contribution in [3.63, 3.8) is 0 Å². The molecule has 0 radical (unpaired) electrons. The highest BCUT2D eigenvalue weighted by Gasteiger charge is 2.28. The second-order valence-corrected chi connectivity index (χ2v) is 5.69. The zero-order valence-electron chi connectivity index (χ0n) is 12.9. The lowest BCUT2D eigenvalue weighted by molar-refractivity contribution is -0.151. The monoisotopic (exact) mass is 284 g/mol. The van der Waals surface area contributed by atoms with E-state index in [1.54, 1.807) is 0 Å². The summed E-state index contributed by atoms with van der Waals surface area (Å²) in [6, 6.07) is -0.672. The van der Waals surface area contributed by atoms with Crippen LogP contribution in [-0.4, -0.2) is 36.6 Å². The number of hydrogen-bond donors (Lipinski definition) is 2. The third-order valence-electron chi connectivity index (χ3n) is 3.43. The second-order valence-electron chi connectivity index (χ2n) is 5.69. The molecule has 1 saturated heterocycles. The number of carbonyl (C=O) groups is 2. The Bertz CT molecular complexity index is 312. The van der Waals surface area contributed by atoms with Crippen LogP contribution < -0.4 is 10.6 Å². The number of nitrogens with one attached hydrogen (secondary N) is 2. The molecule has 2 N–H and O–H groups in total. The zero-order chi connectivity index (χ0) is 15.0. The first-order valence-corrected chi connectivity index (χ1v) is 7.78. The van der Waals surface area contributed by atoms with Gasteiger partial charge >= 0.3 is 5.97 Å². The third-order valence-corrected chi connectivity index (χ3v) is 3.43. The van der Waals surface area contributed by atoms with Gasteiger partial charge in [-0.1, -0.05) is 26.2 Å². The van der Waals surface area contributed by atoms with Crippen LogP contribution >= 0.6 is 0 Å². The first kappa shape index (κ1) is 17.0. The molecule has 0 aromatic rings. The van der Waals surface area contributed by atoms with Crippen molar-refractivity contribution >= 4 is 11.9 Å². The van der Waals surface area contributed by atoms with Gasteiger partial charge in [-0.3, -0.25) is 4.79 Å². The second kappa shape index (κ2) is 8.95. The Balaban J connectivity index is 2.51. The summed E-state index contributed by atoms with van der Waals surface area (Å²) in [4.78, 5) is 24.1. The number of ether oxygens (including phenoxy) is 1. The molecule has 0 spiro atoms. The molecule has 2 atom stereocenters. The minimum Gasteiger partial charge on any atom is -0.461 e. The Kier molecular flexibility index (Phi) is 7.59. The summed E-state index contributed by atoms with van der Waals surface area (Å²) in [5, 5.41) is 5.99. The fourth-order valence-corrected chi connectivity index (χ4v) is 2.34. The van der Waals surface area contributed by atoms with Crippen LogP contribution in [0.5, 0.6) is 0 Å². The van der Waals surface area contributed by atoms with Crippen molar-refractivity contribution in [3.05, 3.63) is 0 Å². The van der Waals surface area contributed by atoms with Crippen LogP contribution in [0.4, 0.5) is 0 Å². The van der Waals surface area contributed by atoms with Gasteiger partial charge < -0.3 is 15.4 Å². The quantitative estimate of drug-likeness (QED) is 0.526. The molecule has 1 aliphatic heterocycles. The highest BCUT2D eigenvalue weighted by atomic mass is 16.5. The van der Waals surface area contributed by atoms with Crippen molar-refractivity contribution < 1.29 is 14.3 Å². The molecular formula is C15H28N2O3. The van der Waals surface area contributed by atoms with Crippen LogP contribution in [0.25, 0.3) is 0 Å². The van der Waals surface area contributed by atoms with Gasteiger partial charge in [-0.05, 0) is 39.7 Å². The van der Waals surface area contributed by atoms with Crippen molar-refractivity contribution in [1.82, 2.24) is 10.6 Å². The molecule has 0 aromatic heterocycles. The van der Waals surface area contributed by atoms with Crippen molar-refractivity contribution in [3.8, 4) is 0 Å². The lowest BCUT2D eigenvalue weighted by atomic mass is 10.1. The Labute approximate surface area is 121 Å². The van der Waals surface area contributed by atoms with Crippen LogP contribution in [0.3, 0.4) is 0 Å². The Hall–Kier alpha value is -1.10. The van der Waals surface area contributed by atoms with Crippen LogP contribution in [0.15, 0.2) is 0 Å². The van der Waals surface area contributed by atoms with E-state index in [1.807, 2.05) is 13.8 Å². The third kappa shape index (κ3) is 5.90. The van der Waals surface area contributed by atoms with Gasteiger partial charge in [0, 0.05) is 0 Å². The van der Waals surface area contributed by atoms with Crippen LogP contribution in [0.1, 0.15) is 59.3 Å². The fraction of sp³-hybridized carbons (Fsp3) is 0.867. The number of esters is 1. The minimum absolute atomic E-state index is 0.0790. The van der Waals surface area contributed by atoms with Gasteiger partial charge in [-0.25, -0.2) is 4.79 Å². The Morgan fingerprint density at radius 1 is 1.35 bits per heavy atom. The minimum atomic E-state index is -0.515. The van der Waals surface area contributed by atoms with E-state index in [1.165, 1.54) is 0 Å². The first-order chi connectivity index (χ1) is 9.54. The molecule has 1 rings (SSSR count). The van der Waals surface area contributed by atoms with E-state index in [2.05, 4.69) is 17.6 Å². The summed E-state index contributed by atoms with van der Waals surface area (Å²) in [7, 11) is 0. The maximum absolute atomic E-state index is 12.1. The zero-order valence-corrected chi connectivity index (χ0v) is 12.9. The van der Waals surface area contributed by atoms with Crippen LogP contribution in [-0.2, 0) is 14.3 Å². The van der Waals surface area contributed by atoms with Gasteiger partial charge in [0.1, 0.15) is 6.04 Å². The van der Waals surface area contributed by atoms with Gasteiger partial charge in [0.2, 0.25) is 5.91 Å². The molecule has 5 nitrogen and oxygen atoms in total. The average Bonchev–Trinajstić information content (AvgIpc) is 2.90. The van der Waals surface area contributed by atoms with Gasteiger partial charge in [0.05, 0.1) is 12.1 Å². The summed E-state index contributed by atoms with van der Waals surface area (Å²) in [5.74, 6) is -0.396. The van der Waals surface area contributed by atoms with E-state index in [0.717, 1.165) is 38.6 Å². The van der Waals surface area contributed by atoms with E-state index in [9.17, 15) is 9.59 Å². The van der Waals surface area contributed by atoms with E-state index < -0.39 is 6.04 Å². The van der Waals surface area contributed by atoms with Crippen molar-refractivity contribution in [2.24, 2.45) is 0 Å².